The van der Waals surface area contributed by atoms with E-state index in [0.717, 1.165) is 49.5 Å². The van der Waals surface area contributed by atoms with Gasteiger partial charge in [-0.3, -0.25) is 4.98 Å². The monoisotopic (exact) mass is 337 g/mol. The first-order valence-corrected chi connectivity index (χ1v) is 9.00. The van der Waals surface area contributed by atoms with Gasteiger partial charge < -0.3 is 15.1 Å². The van der Waals surface area contributed by atoms with Crippen LogP contribution in [0.5, 0.6) is 0 Å². The molecule has 0 aromatic carbocycles. The molecule has 25 heavy (non-hydrogen) atoms. The second kappa shape index (κ2) is 7.09. The number of aromatic nitrogens is 2. The first-order chi connectivity index (χ1) is 12.3. The highest BCUT2D eigenvalue weighted by atomic mass is 16.2. The van der Waals surface area contributed by atoms with Gasteiger partial charge in [-0.1, -0.05) is 0 Å². The Hall–Kier alpha value is -2.63. The Morgan fingerprint density at radius 1 is 1.04 bits per heavy atom. The van der Waals surface area contributed by atoms with E-state index in [1.54, 1.807) is 18.6 Å². The number of nitrogens with one attached hydrogen (secondary N) is 1. The number of likely N-dealkylation sites (tertiary alicyclic amines) is 1. The van der Waals surface area contributed by atoms with Gasteiger partial charge in [0.25, 0.3) is 0 Å². The fraction of sp³-hybridized carbons (Fsp3) is 0.421. The quantitative estimate of drug-likeness (QED) is 0.932. The summed E-state index contributed by atoms with van der Waals surface area (Å²) in [5, 5.41) is 3.10. The van der Waals surface area contributed by atoms with E-state index in [-0.39, 0.29) is 12.1 Å². The molecule has 0 unspecified atom stereocenters. The third kappa shape index (κ3) is 3.29. The maximum absolute atomic E-state index is 12.9. The van der Waals surface area contributed by atoms with E-state index >= 15 is 0 Å². The highest BCUT2D eigenvalue weighted by Gasteiger charge is 2.30. The van der Waals surface area contributed by atoms with Gasteiger partial charge in [0.05, 0.1) is 11.7 Å². The second-order valence-electron chi connectivity index (χ2n) is 6.63. The Bertz CT molecular complexity index is 730. The van der Waals surface area contributed by atoms with Crippen molar-refractivity contribution in [1.82, 2.24) is 14.9 Å². The van der Waals surface area contributed by atoms with Crippen LogP contribution < -0.4 is 10.2 Å². The van der Waals surface area contributed by atoms with E-state index < -0.39 is 0 Å². The molecule has 1 atom stereocenters. The lowest BCUT2D eigenvalue weighted by atomic mass is 10.1. The van der Waals surface area contributed by atoms with Crippen molar-refractivity contribution in [2.45, 2.75) is 31.7 Å². The number of nitrogens with zero attached hydrogens (tertiary/aromatic N) is 4. The molecule has 2 amide bonds. The van der Waals surface area contributed by atoms with Gasteiger partial charge in [-0.2, -0.15) is 0 Å². The number of carbonyl (C=O) groups is 1. The summed E-state index contributed by atoms with van der Waals surface area (Å²) in [4.78, 5) is 25.7. The van der Waals surface area contributed by atoms with Crippen molar-refractivity contribution >= 4 is 17.5 Å². The van der Waals surface area contributed by atoms with Crippen molar-refractivity contribution in [3.8, 4) is 0 Å². The van der Waals surface area contributed by atoms with E-state index in [0.29, 0.717) is 0 Å². The smallest absolute Gasteiger partial charge is 0.322 e. The highest BCUT2D eigenvalue weighted by Crippen LogP contribution is 2.33. The molecule has 2 aliphatic rings. The van der Waals surface area contributed by atoms with Gasteiger partial charge in [-0.05, 0) is 55.5 Å². The Morgan fingerprint density at radius 2 is 1.84 bits per heavy atom. The van der Waals surface area contributed by atoms with Crippen molar-refractivity contribution in [3.63, 3.8) is 0 Å². The van der Waals surface area contributed by atoms with Crippen molar-refractivity contribution < 1.29 is 4.79 Å². The van der Waals surface area contributed by atoms with Crippen LogP contribution in [0.2, 0.25) is 0 Å². The average molecular weight is 337 g/mol. The van der Waals surface area contributed by atoms with Gasteiger partial charge in [-0.15, -0.1) is 0 Å². The van der Waals surface area contributed by atoms with Gasteiger partial charge in [0.2, 0.25) is 0 Å². The van der Waals surface area contributed by atoms with E-state index in [9.17, 15) is 4.79 Å². The molecule has 2 aromatic rings. The molecule has 130 valence electrons. The number of hydrogen-bond acceptors (Lipinski definition) is 4. The molecule has 1 N–H and O–H groups in total. The number of rotatable bonds is 3. The summed E-state index contributed by atoms with van der Waals surface area (Å²) in [6.07, 6.45) is 9.74. The summed E-state index contributed by atoms with van der Waals surface area (Å²) in [7, 11) is 0. The van der Waals surface area contributed by atoms with Crippen LogP contribution in [0.4, 0.5) is 16.3 Å². The lowest BCUT2D eigenvalue weighted by molar-refractivity contribution is 0.207. The fourth-order valence-corrected chi connectivity index (χ4v) is 3.80. The van der Waals surface area contributed by atoms with Crippen LogP contribution in [0, 0.1) is 0 Å². The van der Waals surface area contributed by atoms with Gasteiger partial charge >= 0.3 is 6.03 Å². The van der Waals surface area contributed by atoms with Crippen molar-refractivity contribution in [2.75, 3.05) is 29.9 Å². The van der Waals surface area contributed by atoms with Crippen molar-refractivity contribution in [1.29, 1.82) is 0 Å². The lowest BCUT2D eigenvalue weighted by Gasteiger charge is -2.26. The summed E-state index contributed by atoms with van der Waals surface area (Å²) in [6.45, 7) is 2.78. The number of pyridine rings is 2. The maximum Gasteiger partial charge on any atom is 0.322 e. The Kier molecular flexibility index (Phi) is 4.50. The molecule has 0 aliphatic carbocycles. The molecule has 0 bridgehead atoms. The van der Waals surface area contributed by atoms with Gasteiger partial charge in [0.15, 0.2) is 5.82 Å². The van der Waals surface area contributed by atoms with Crippen LogP contribution >= 0.6 is 0 Å². The summed E-state index contributed by atoms with van der Waals surface area (Å²) in [6, 6.07) is 7.88. The molecule has 4 heterocycles. The molecule has 4 rings (SSSR count). The third-order valence-electron chi connectivity index (χ3n) is 5.04. The molecule has 0 saturated carbocycles. The molecular formula is C19H23N5O. The van der Waals surface area contributed by atoms with Crippen LogP contribution in [0.3, 0.4) is 0 Å². The van der Waals surface area contributed by atoms with Crippen LogP contribution in [-0.2, 0) is 0 Å². The molecule has 6 nitrogen and oxygen atoms in total. The topological polar surface area (TPSA) is 61.4 Å². The van der Waals surface area contributed by atoms with E-state index in [2.05, 4.69) is 20.2 Å². The summed E-state index contributed by atoms with van der Waals surface area (Å²) in [5.41, 5.74) is 1.95. The zero-order chi connectivity index (χ0) is 17.1. The summed E-state index contributed by atoms with van der Waals surface area (Å²) >= 11 is 0. The van der Waals surface area contributed by atoms with E-state index in [1.165, 1.54) is 12.8 Å². The molecular weight excluding hydrogens is 314 g/mol. The van der Waals surface area contributed by atoms with E-state index in [1.807, 2.05) is 29.2 Å². The predicted octanol–water partition coefficient (Wildman–Crippen LogP) is 3.45. The fourth-order valence-electron chi connectivity index (χ4n) is 3.80. The Morgan fingerprint density at radius 3 is 2.64 bits per heavy atom. The van der Waals surface area contributed by atoms with Crippen LogP contribution in [0.25, 0.3) is 0 Å². The Balaban J connectivity index is 1.52. The summed E-state index contributed by atoms with van der Waals surface area (Å²) < 4.78 is 0. The first kappa shape index (κ1) is 15.9. The van der Waals surface area contributed by atoms with Crippen LogP contribution in [0.1, 0.15) is 37.3 Å². The number of anilines is 2. The highest BCUT2D eigenvalue weighted by molar-refractivity contribution is 5.92. The minimum Gasteiger partial charge on any atom is -0.355 e. The third-order valence-corrected chi connectivity index (χ3v) is 5.04. The maximum atomic E-state index is 12.9. The standard InChI is InChI=1S/C19H23N5O/c25-19(24-14-4-6-17(24)15-7-10-20-11-8-15)22-16-5-3-9-21-18(16)23-12-1-2-13-23/h3,5,7-11,17H,1-2,4,6,12-14H2,(H,22,25)/t17-/m1/s1. The van der Waals surface area contributed by atoms with Crippen molar-refractivity contribution in [3.05, 3.63) is 48.4 Å². The second-order valence-corrected chi connectivity index (χ2v) is 6.63. The number of carbonyl (C=O) groups excluding carboxylic acids is 1. The SMILES string of the molecule is O=C(Nc1cccnc1N1CCCC1)N1CCC[C@@H]1c1ccncc1. The molecule has 2 fully saturated rings. The normalized spacial score (nSPS) is 20.1. The average Bonchev–Trinajstić information content (AvgIpc) is 3.35. The van der Waals surface area contributed by atoms with Gasteiger partial charge in [0, 0.05) is 38.2 Å². The number of hydrogen-bond donors (Lipinski definition) is 1. The van der Waals surface area contributed by atoms with Crippen LogP contribution in [-0.4, -0.2) is 40.5 Å². The summed E-state index contributed by atoms with van der Waals surface area (Å²) in [5.74, 6) is 0.882. The number of urea groups is 1. The lowest BCUT2D eigenvalue weighted by Crippen LogP contribution is -2.35. The van der Waals surface area contributed by atoms with E-state index in [4.69, 9.17) is 0 Å². The largest absolute Gasteiger partial charge is 0.355 e. The van der Waals surface area contributed by atoms with Gasteiger partial charge in [-0.25, -0.2) is 9.78 Å². The Labute approximate surface area is 147 Å². The minimum absolute atomic E-state index is 0.0484. The minimum atomic E-state index is -0.0484. The molecule has 2 aliphatic heterocycles. The van der Waals surface area contributed by atoms with Crippen LogP contribution in [0.15, 0.2) is 42.9 Å². The van der Waals surface area contributed by atoms with Crippen molar-refractivity contribution in [2.24, 2.45) is 0 Å². The molecule has 0 spiro atoms. The van der Waals surface area contributed by atoms with Gasteiger partial charge in [0.1, 0.15) is 0 Å². The molecule has 0 radical (unpaired) electrons. The predicted molar refractivity (Wildman–Crippen MR) is 97.6 cm³/mol. The molecule has 6 heteroatoms. The molecule has 2 saturated heterocycles. The molecule has 2 aromatic heterocycles. The zero-order valence-electron chi connectivity index (χ0n) is 14.3. The first-order valence-electron chi connectivity index (χ1n) is 9.00. The zero-order valence-corrected chi connectivity index (χ0v) is 14.3. The number of amides is 2.